The van der Waals surface area contributed by atoms with Gasteiger partial charge in [-0.25, -0.2) is 8.42 Å². The molecule has 4 nitrogen and oxygen atoms in total. The number of nitrogens with one attached hydrogen (secondary N) is 1. The van der Waals surface area contributed by atoms with Gasteiger partial charge in [0.05, 0.1) is 10.9 Å². The molecule has 3 atom stereocenters. The SMILES string of the molecule is CCN(CC)S(=O)(=O)c1ccc2c(c1)C1C=CCC1C(c1cccc(Cl)c1)N2. The van der Waals surface area contributed by atoms with Gasteiger partial charge in [-0.05, 0) is 53.8 Å². The van der Waals surface area contributed by atoms with Gasteiger partial charge in [0.1, 0.15) is 0 Å². The Balaban J connectivity index is 1.75. The maximum atomic E-state index is 13.0. The maximum absolute atomic E-state index is 13.0. The molecule has 6 heteroatoms. The van der Waals surface area contributed by atoms with Gasteiger partial charge in [0, 0.05) is 29.7 Å². The van der Waals surface area contributed by atoms with Crippen LogP contribution in [0.25, 0.3) is 0 Å². The molecule has 1 N–H and O–H groups in total. The molecule has 148 valence electrons. The minimum Gasteiger partial charge on any atom is -0.378 e. The van der Waals surface area contributed by atoms with Crippen molar-refractivity contribution in [2.24, 2.45) is 5.92 Å². The van der Waals surface area contributed by atoms with Crippen molar-refractivity contribution in [1.29, 1.82) is 0 Å². The Morgan fingerprint density at radius 2 is 1.93 bits per heavy atom. The van der Waals surface area contributed by atoms with E-state index in [1.807, 2.05) is 44.2 Å². The van der Waals surface area contributed by atoms with E-state index in [-0.39, 0.29) is 12.0 Å². The van der Waals surface area contributed by atoms with Crippen LogP contribution in [0.3, 0.4) is 0 Å². The van der Waals surface area contributed by atoms with Gasteiger partial charge < -0.3 is 5.32 Å². The lowest BCUT2D eigenvalue weighted by Crippen LogP contribution is -2.32. The lowest BCUT2D eigenvalue weighted by molar-refractivity contribution is 0.424. The number of halogens is 1. The van der Waals surface area contributed by atoms with E-state index in [4.69, 9.17) is 11.6 Å². The van der Waals surface area contributed by atoms with Crippen molar-refractivity contribution < 1.29 is 8.42 Å². The van der Waals surface area contributed by atoms with Gasteiger partial charge >= 0.3 is 0 Å². The molecule has 4 rings (SSSR count). The molecule has 2 aliphatic rings. The highest BCUT2D eigenvalue weighted by Gasteiger charge is 2.38. The third-order valence-electron chi connectivity index (χ3n) is 5.89. The van der Waals surface area contributed by atoms with E-state index in [9.17, 15) is 8.42 Å². The van der Waals surface area contributed by atoms with Crippen molar-refractivity contribution in [3.05, 3.63) is 70.8 Å². The average molecular weight is 417 g/mol. The number of rotatable bonds is 5. The van der Waals surface area contributed by atoms with Gasteiger partial charge in [0.2, 0.25) is 10.0 Å². The molecule has 28 heavy (non-hydrogen) atoms. The van der Waals surface area contributed by atoms with E-state index >= 15 is 0 Å². The summed E-state index contributed by atoms with van der Waals surface area (Å²) in [6.45, 7) is 4.67. The number of nitrogens with zero attached hydrogens (tertiary/aromatic N) is 1. The molecule has 0 fully saturated rings. The van der Waals surface area contributed by atoms with Crippen molar-refractivity contribution in [3.8, 4) is 0 Å². The second-order valence-corrected chi connectivity index (χ2v) is 9.74. The molecule has 0 spiro atoms. The molecular weight excluding hydrogens is 392 g/mol. The van der Waals surface area contributed by atoms with Crippen LogP contribution in [-0.2, 0) is 10.0 Å². The normalized spacial score (nSPS) is 23.4. The topological polar surface area (TPSA) is 49.4 Å². The Hall–Kier alpha value is -1.82. The Morgan fingerprint density at radius 1 is 1.14 bits per heavy atom. The molecule has 1 aliphatic heterocycles. The fourth-order valence-corrected chi connectivity index (χ4v) is 6.17. The Bertz CT molecular complexity index is 1010. The lowest BCUT2D eigenvalue weighted by Gasteiger charge is -2.38. The van der Waals surface area contributed by atoms with E-state index in [0.717, 1.165) is 28.3 Å². The summed E-state index contributed by atoms with van der Waals surface area (Å²) in [5.74, 6) is 0.546. The summed E-state index contributed by atoms with van der Waals surface area (Å²) in [5, 5.41) is 4.37. The molecule has 3 unspecified atom stereocenters. The molecule has 0 aromatic heterocycles. The minimum absolute atomic E-state index is 0.149. The van der Waals surface area contributed by atoms with Crippen molar-refractivity contribution in [2.75, 3.05) is 18.4 Å². The highest BCUT2D eigenvalue weighted by Crippen LogP contribution is 2.50. The van der Waals surface area contributed by atoms with Crippen LogP contribution in [0.1, 0.15) is 43.4 Å². The maximum Gasteiger partial charge on any atom is 0.243 e. The smallest absolute Gasteiger partial charge is 0.243 e. The van der Waals surface area contributed by atoms with Crippen molar-refractivity contribution in [1.82, 2.24) is 4.31 Å². The number of sulfonamides is 1. The molecule has 1 heterocycles. The van der Waals surface area contributed by atoms with Crippen LogP contribution in [0.15, 0.2) is 59.5 Å². The van der Waals surface area contributed by atoms with Crippen molar-refractivity contribution >= 4 is 27.3 Å². The number of fused-ring (bicyclic) bond motifs is 3. The first-order valence-corrected chi connectivity index (χ1v) is 11.6. The van der Waals surface area contributed by atoms with Gasteiger partial charge in [0.15, 0.2) is 0 Å². The first-order valence-electron chi connectivity index (χ1n) is 9.78. The summed E-state index contributed by atoms with van der Waals surface area (Å²) < 4.78 is 27.4. The van der Waals surface area contributed by atoms with Crippen LogP contribution in [0.2, 0.25) is 5.02 Å². The van der Waals surface area contributed by atoms with Crippen LogP contribution in [0.4, 0.5) is 5.69 Å². The van der Waals surface area contributed by atoms with Crippen LogP contribution in [-0.4, -0.2) is 25.8 Å². The van der Waals surface area contributed by atoms with E-state index in [0.29, 0.717) is 23.9 Å². The predicted molar refractivity (Wildman–Crippen MR) is 114 cm³/mol. The first-order chi connectivity index (χ1) is 13.5. The predicted octanol–water partition coefficient (Wildman–Crippen LogP) is 5.20. The summed E-state index contributed by atoms with van der Waals surface area (Å²) in [7, 11) is -3.47. The van der Waals surface area contributed by atoms with E-state index in [1.165, 1.54) is 4.31 Å². The summed E-state index contributed by atoms with van der Waals surface area (Å²) in [6.07, 6.45) is 5.38. The highest BCUT2D eigenvalue weighted by atomic mass is 35.5. The number of allylic oxidation sites excluding steroid dienone is 2. The third kappa shape index (κ3) is 3.25. The number of hydrogen-bond donors (Lipinski definition) is 1. The quantitative estimate of drug-likeness (QED) is 0.681. The molecule has 0 saturated carbocycles. The number of hydrogen-bond acceptors (Lipinski definition) is 3. The molecule has 2 aromatic rings. The Labute approximate surface area is 172 Å². The van der Waals surface area contributed by atoms with Crippen LogP contribution < -0.4 is 5.32 Å². The molecule has 2 aromatic carbocycles. The largest absolute Gasteiger partial charge is 0.378 e. The standard InChI is InChI=1S/C22H25ClN2O2S/c1-3-25(4-2)28(26,27)17-11-12-21-20(14-17)18-9-6-10-19(18)22(24-21)15-7-5-8-16(23)13-15/h5-9,11-14,18-19,22,24H,3-4,10H2,1-2H3. The Kier molecular flexibility index (Phi) is 5.25. The molecule has 0 bridgehead atoms. The van der Waals surface area contributed by atoms with Gasteiger partial charge in [-0.15, -0.1) is 0 Å². The second-order valence-electron chi connectivity index (χ2n) is 7.37. The third-order valence-corrected chi connectivity index (χ3v) is 8.17. The van der Waals surface area contributed by atoms with Gasteiger partial charge in [-0.2, -0.15) is 4.31 Å². The van der Waals surface area contributed by atoms with Crippen molar-refractivity contribution in [3.63, 3.8) is 0 Å². The number of anilines is 1. The zero-order chi connectivity index (χ0) is 19.9. The van der Waals surface area contributed by atoms with E-state index < -0.39 is 10.0 Å². The van der Waals surface area contributed by atoms with Gasteiger partial charge in [-0.3, -0.25) is 0 Å². The fourth-order valence-electron chi connectivity index (χ4n) is 4.48. The molecule has 0 saturated heterocycles. The summed E-state index contributed by atoms with van der Waals surface area (Å²) in [5.41, 5.74) is 3.22. The highest BCUT2D eigenvalue weighted by molar-refractivity contribution is 7.89. The summed E-state index contributed by atoms with van der Waals surface area (Å²) >= 11 is 6.22. The van der Waals surface area contributed by atoms with Crippen LogP contribution >= 0.6 is 11.6 Å². The monoisotopic (exact) mass is 416 g/mol. The summed E-state index contributed by atoms with van der Waals surface area (Å²) in [6, 6.07) is 13.6. The zero-order valence-electron chi connectivity index (χ0n) is 16.1. The molecule has 0 radical (unpaired) electrons. The van der Waals surface area contributed by atoms with Crippen LogP contribution in [0.5, 0.6) is 0 Å². The Morgan fingerprint density at radius 3 is 2.64 bits per heavy atom. The second kappa shape index (κ2) is 7.54. The summed E-state index contributed by atoms with van der Waals surface area (Å²) in [4.78, 5) is 0.372. The lowest BCUT2D eigenvalue weighted by atomic mass is 9.77. The molecular formula is C22H25ClN2O2S. The molecule has 0 amide bonds. The average Bonchev–Trinajstić information content (AvgIpc) is 3.18. The van der Waals surface area contributed by atoms with E-state index in [1.54, 1.807) is 6.07 Å². The van der Waals surface area contributed by atoms with Gasteiger partial charge in [0.25, 0.3) is 0 Å². The van der Waals surface area contributed by atoms with Crippen molar-refractivity contribution in [2.45, 2.75) is 37.1 Å². The van der Waals surface area contributed by atoms with Crippen LogP contribution in [0, 0.1) is 5.92 Å². The fraction of sp³-hybridized carbons (Fsp3) is 0.364. The zero-order valence-corrected chi connectivity index (χ0v) is 17.7. The van der Waals surface area contributed by atoms with E-state index in [2.05, 4.69) is 23.5 Å². The van der Waals surface area contributed by atoms with Gasteiger partial charge in [-0.1, -0.05) is 49.7 Å². The first kappa shape index (κ1) is 19.5. The minimum atomic E-state index is -3.47. The number of benzene rings is 2. The molecule has 1 aliphatic carbocycles.